The molecule has 21 heavy (non-hydrogen) atoms. The Labute approximate surface area is 121 Å². The van der Waals surface area contributed by atoms with Gasteiger partial charge in [0.25, 0.3) is 0 Å². The second kappa shape index (κ2) is 5.77. The number of hydrogen-bond acceptors (Lipinski definition) is 4. The maximum atomic E-state index is 11.3. The zero-order valence-electron chi connectivity index (χ0n) is 11.2. The van der Waals surface area contributed by atoms with Gasteiger partial charge in [0.05, 0.1) is 5.56 Å². The summed E-state index contributed by atoms with van der Waals surface area (Å²) in [5, 5.41) is 31.3. The fourth-order valence-corrected chi connectivity index (χ4v) is 2.09. The number of anilines is 1. The number of fused-ring (bicyclic) bond motifs is 1. The fraction of sp³-hybridized carbons (Fsp3) is 0.0625. The lowest BCUT2D eigenvalue weighted by Gasteiger charge is -2.13. The van der Waals surface area contributed by atoms with Crippen molar-refractivity contribution in [3.63, 3.8) is 0 Å². The molecule has 0 saturated heterocycles. The summed E-state index contributed by atoms with van der Waals surface area (Å²) in [6.45, 7) is 1.69. The number of nitrogens with one attached hydrogen (secondary N) is 1. The highest BCUT2D eigenvalue weighted by Gasteiger charge is 2.14. The standard InChI is InChI=1S/C16H11N3O2/c1-10-14(16(20)21)6-12-4-2-3-5-13(12)15(10)19-9-11(7-17)8-18/h2-6,9,19H,1H3,(H,20,21). The van der Waals surface area contributed by atoms with Gasteiger partial charge in [-0.2, -0.15) is 10.5 Å². The molecule has 0 heterocycles. The van der Waals surface area contributed by atoms with E-state index in [9.17, 15) is 9.90 Å². The van der Waals surface area contributed by atoms with E-state index in [0.29, 0.717) is 11.3 Å². The van der Waals surface area contributed by atoms with Gasteiger partial charge in [-0.1, -0.05) is 24.3 Å². The van der Waals surface area contributed by atoms with E-state index in [-0.39, 0.29) is 11.1 Å². The summed E-state index contributed by atoms with van der Waals surface area (Å²) in [6.07, 6.45) is 1.28. The van der Waals surface area contributed by atoms with Gasteiger partial charge in [0.1, 0.15) is 17.7 Å². The van der Waals surface area contributed by atoms with Gasteiger partial charge in [-0.3, -0.25) is 0 Å². The molecule has 0 aliphatic carbocycles. The minimum Gasteiger partial charge on any atom is -0.478 e. The Morgan fingerprint density at radius 1 is 1.29 bits per heavy atom. The van der Waals surface area contributed by atoms with Crippen LogP contribution in [0.15, 0.2) is 42.1 Å². The largest absolute Gasteiger partial charge is 0.478 e. The second-order valence-corrected chi connectivity index (χ2v) is 4.38. The van der Waals surface area contributed by atoms with Gasteiger partial charge in [-0.15, -0.1) is 0 Å². The van der Waals surface area contributed by atoms with Crippen molar-refractivity contribution in [1.82, 2.24) is 0 Å². The normalized spacial score (nSPS) is 9.48. The highest BCUT2D eigenvalue weighted by atomic mass is 16.4. The maximum absolute atomic E-state index is 11.3. The molecule has 0 aliphatic heterocycles. The number of nitrogens with zero attached hydrogens (tertiary/aromatic N) is 2. The molecule has 0 radical (unpaired) electrons. The molecule has 0 fully saturated rings. The third-order valence-electron chi connectivity index (χ3n) is 3.14. The molecule has 0 bridgehead atoms. The molecule has 2 rings (SSSR count). The highest BCUT2D eigenvalue weighted by Crippen LogP contribution is 2.30. The first kappa shape index (κ1) is 14.1. The Kier molecular flexibility index (Phi) is 3.87. The first-order valence-corrected chi connectivity index (χ1v) is 6.11. The van der Waals surface area contributed by atoms with Gasteiger partial charge in [-0.25, -0.2) is 4.79 Å². The Balaban J connectivity index is 2.69. The van der Waals surface area contributed by atoms with Crippen LogP contribution in [0.1, 0.15) is 15.9 Å². The Morgan fingerprint density at radius 3 is 2.57 bits per heavy atom. The van der Waals surface area contributed by atoms with Gasteiger partial charge >= 0.3 is 5.97 Å². The van der Waals surface area contributed by atoms with Crippen molar-refractivity contribution in [3.05, 3.63) is 53.2 Å². The van der Waals surface area contributed by atoms with E-state index >= 15 is 0 Å². The van der Waals surface area contributed by atoms with Crippen LogP contribution in [-0.4, -0.2) is 11.1 Å². The summed E-state index contributed by atoms with van der Waals surface area (Å²) < 4.78 is 0. The van der Waals surface area contributed by atoms with Crippen LogP contribution in [0, 0.1) is 29.6 Å². The molecule has 0 amide bonds. The molecule has 0 aromatic heterocycles. The molecule has 5 nitrogen and oxygen atoms in total. The average molecular weight is 277 g/mol. The van der Waals surface area contributed by atoms with Crippen molar-refractivity contribution in [1.29, 1.82) is 10.5 Å². The minimum absolute atomic E-state index is 0.0841. The average Bonchev–Trinajstić information content (AvgIpc) is 2.49. The van der Waals surface area contributed by atoms with Crippen molar-refractivity contribution < 1.29 is 9.90 Å². The van der Waals surface area contributed by atoms with E-state index in [1.165, 1.54) is 6.20 Å². The van der Waals surface area contributed by atoms with E-state index in [2.05, 4.69) is 5.32 Å². The van der Waals surface area contributed by atoms with Gasteiger partial charge in [0, 0.05) is 17.3 Å². The van der Waals surface area contributed by atoms with E-state index in [1.54, 1.807) is 25.1 Å². The molecule has 0 atom stereocenters. The van der Waals surface area contributed by atoms with Crippen LogP contribution in [0.4, 0.5) is 5.69 Å². The third-order valence-corrected chi connectivity index (χ3v) is 3.14. The maximum Gasteiger partial charge on any atom is 0.336 e. The first-order valence-electron chi connectivity index (χ1n) is 6.11. The second-order valence-electron chi connectivity index (χ2n) is 4.38. The Morgan fingerprint density at radius 2 is 1.95 bits per heavy atom. The minimum atomic E-state index is -1.02. The number of carboxylic acid groups (broad SMARTS) is 1. The molecule has 5 heteroatoms. The number of allylic oxidation sites excluding steroid dienone is 1. The Bertz CT molecular complexity index is 823. The zero-order chi connectivity index (χ0) is 15.4. The smallest absolute Gasteiger partial charge is 0.336 e. The van der Waals surface area contributed by atoms with E-state index in [1.807, 2.05) is 24.3 Å². The summed E-state index contributed by atoms with van der Waals surface area (Å²) in [6, 6.07) is 12.4. The monoisotopic (exact) mass is 277 g/mol. The van der Waals surface area contributed by atoms with Crippen molar-refractivity contribution in [2.45, 2.75) is 6.92 Å². The predicted molar refractivity (Wildman–Crippen MR) is 78.6 cm³/mol. The summed E-state index contributed by atoms with van der Waals surface area (Å²) in [5.74, 6) is -1.02. The number of rotatable bonds is 3. The van der Waals surface area contributed by atoms with Gasteiger partial charge in [0.2, 0.25) is 0 Å². The number of carboxylic acids is 1. The number of carbonyl (C=O) groups is 1. The van der Waals surface area contributed by atoms with Crippen LogP contribution < -0.4 is 5.32 Å². The molecule has 2 N–H and O–H groups in total. The lowest BCUT2D eigenvalue weighted by atomic mass is 9.99. The van der Waals surface area contributed by atoms with Crippen LogP contribution >= 0.6 is 0 Å². The van der Waals surface area contributed by atoms with Crippen LogP contribution in [0.3, 0.4) is 0 Å². The molecular weight excluding hydrogens is 266 g/mol. The summed E-state index contributed by atoms with van der Waals surface area (Å²) in [4.78, 5) is 11.3. The van der Waals surface area contributed by atoms with Crippen molar-refractivity contribution in [2.24, 2.45) is 0 Å². The molecule has 0 unspecified atom stereocenters. The number of benzene rings is 2. The molecular formula is C16H11N3O2. The van der Waals surface area contributed by atoms with Crippen LogP contribution in [0.5, 0.6) is 0 Å². The van der Waals surface area contributed by atoms with Crippen molar-refractivity contribution in [3.8, 4) is 12.1 Å². The predicted octanol–water partition coefficient (Wildman–Crippen LogP) is 3.19. The van der Waals surface area contributed by atoms with E-state index < -0.39 is 5.97 Å². The van der Waals surface area contributed by atoms with Crippen molar-refractivity contribution in [2.75, 3.05) is 5.32 Å². The highest BCUT2D eigenvalue weighted by molar-refractivity contribution is 6.03. The molecule has 102 valence electrons. The van der Waals surface area contributed by atoms with Crippen LogP contribution in [0.25, 0.3) is 10.8 Å². The van der Waals surface area contributed by atoms with Crippen LogP contribution in [0.2, 0.25) is 0 Å². The number of nitriles is 2. The Hall–Kier alpha value is -3.31. The zero-order valence-corrected chi connectivity index (χ0v) is 11.2. The number of hydrogen-bond donors (Lipinski definition) is 2. The van der Waals surface area contributed by atoms with E-state index in [0.717, 1.165) is 10.8 Å². The quantitative estimate of drug-likeness (QED) is 0.840. The lowest BCUT2D eigenvalue weighted by molar-refractivity contribution is 0.0696. The van der Waals surface area contributed by atoms with Gasteiger partial charge in [-0.05, 0) is 23.9 Å². The van der Waals surface area contributed by atoms with Gasteiger partial charge < -0.3 is 10.4 Å². The fourth-order valence-electron chi connectivity index (χ4n) is 2.09. The molecule has 2 aromatic carbocycles. The molecule has 0 aliphatic rings. The first-order chi connectivity index (χ1) is 10.1. The van der Waals surface area contributed by atoms with Gasteiger partial charge in [0.15, 0.2) is 0 Å². The molecule has 0 saturated carbocycles. The summed E-state index contributed by atoms with van der Waals surface area (Å²) in [7, 11) is 0. The summed E-state index contributed by atoms with van der Waals surface area (Å²) >= 11 is 0. The molecule has 2 aromatic rings. The topological polar surface area (TPSA) is 96.9 Å². The van der Waals surface area contributed by atoms with E-state index in [4.69, 9.17) is 10.5 Å². The lowest BCUT2D eigenvalue weighted by Crippen LogP contribution is -2.04. The third kappa shape index (κ3) is 2.68. The number of aromatic carboxylic acids is 1. The van der Waals surface area contributed by atoms with Crippen LogP contribution in [-0.2, 0) is 0 Å². The SMILES string of the molecule is Cc1c(C(=O)O)cc2ccccc2c1NC=C(C#N)C#N. The molecule has 0 spiro atoms. The van der Waals surface area contributed by atoms with Crippen molar-refractivity contribution >= 4 is 22.4 Å². The summed E-state index contributed by atoms with van der Waals surface area (Å²) in [5.41, 5.74) is 1.22.